The summed E-state index contributed by atoms with van der Waals surface area (Å²) in [6.07, 6.45) is 3.75. The van der Waals surface area contributed by atoms with Gasteiger partial charge in [-0.05, 0) is 37.8 Å². The van der Waals surface area contributed by atoms with Gasteiger partial charge in [0.05, 0.1) is 11.5 Å². The molecule has 0 amide bonds. The number of nitrogens with zero attached hydrogens (tertiary/aromatic N) is 1. The topological polar surface area (TPSA) is 96.7 Å². The summed E-state index contributed by atoms with van der Waals surface area (Å²) in [4.78, 5) is 0. The van der Waals surface area contributed by atoms with E-state index < -0.39 is 20.0 Å². The van der Waals surface area contributed by atoms with Crippen molar-refractivity contribution in [2.75, 3.05) is 13.1 Å². The van der Waals surface area contributed by atoms with Crippen molar-refractivity contribution >= 4 is 20.0 Å². The lowest BCUT2D eigenvalue weighted by Crippen LogP contribution is -2.47. The minimum atomic E-state index is -3.66. The summed E-state index contributed by atoms with van der Waals surface area (Å²) in [5.41, 5.74) is 0. The first-order valence-corrected chi connectivity index (χ1v) is 9.93. The fourth-order valence-electron chi connectivity index (χ4n) is 2.50. The van der Waals surface area contributed by atoms with Crippen molar-refractivity contribution in [2.45, 2.75) is 42.1 Å². The molecule has 1 aliphatic heterocycles. The van der Waals surface area contributed by atoms with Crippen LogP contribution in [0.25, 0.3) is 0 Å². The van der Waals surface area contributed by atoms with Crippen molar-refractivity contribution in [1.29, 1.82) is 0 Å². The highest BCUT2D eigenvalue weighted by atomic mass is 32.2. The number of furan rings is 1. The largest absolute Gasteiger partial charge is 0.452 e. The normalized spacial score (nSPS) is 22.5. The van der Waals surface area contributed by atoms with Crippen LogP contribution in [0.2, 0.25) is 0 Å². The molecule has 0 atom stereocenters. The van der Waals surface area contributed by atoms with Crippen LogP contribution in [0.4, 0.5) is 0 Å². The highest BCUT2D eigenvalue weighted by Crippen LogP contribution is 2.32. The summed E-state index contributed by atoms with van der Waals surface area (Å²) >= 11 is 0. The van der Waals surface area contributed by atoms with E-state index in [0.29, 0.717) is 25.9 Å². The lowest BCUT2D eigenvalue weighted by atomic mass is 10.1. The lowest BCUT2D eigenvalue weighted by Gasteiger charge is -2.31. The zero-order valence-corrected chi connectivity index (χ0v) is 13.1. The summed E-state index contributed by atoms with van der Waals surface area (Å²) in [5.74, 6) is 0. The predicted molar refractivity (Wildman–Crippen MR) is 75.6 cm³/mol. The van der Waals surface area contributed by atoms with Crippen LogP contribution < -0.4 is 4.72 Å². The van der Waals surface area contributed by atoms with Gasteiger partial charge in [0.1, 0.15) is 0 Å². The number of hydrogen-bond donors (Lipinski definition) is 1. The van der Waals surface area contributed by atoms with Gasteiger partial charge in [-0.1, -0.05) is 0 Å². The third-order valence-corrected chi connectivity index (χ3v) is 7.65. The first-order valence-electron chi connectivity index (χ1n) is 6.94. The maximum absolute atomic E-state index is 12.1. The quantitative estimate of drug-likeness (QED) is 0.846. The molecule has 1 saturated heterocycles. The second-order valence-electron chi connectivity index (χ2n) is 5.47. The fraction of sp³-hybridized carbons (Fsp3) is 0.667. The molecule has 21 heavy (non-hydrogen) atoms. The van der Waals surface area contributed by atoms with Crippen LogP contribution in [0, 0.1) is 0 Å². The van der Waals surface area contributed by atoms with Crippen LogP contribution in [0.15, 0.2) is 27.9 Å². The van der Waals surface area contributed by atoms with E-state index in [0.717, 1.165) is 12.8 Å². The number of piperidine rings is 1. The molecule has 1 aromatic heterocycles. The molecule has 9 heteroatoms. The van der Waals surface area contributed by atoms with Crippen molar-refractivity contribution in [1.82, 2.24) is 9.03 Å². The molecule has 2 heterocycles. The SMILES string of the molecule is O=S(=O)(NC1CCN(S(=O)(=O)C2CC2)CC1)c1ccco1. The van der Waals surface area contributed by atoms with E-state index in [9.17, 15) is 16.8 Å². The van der Waals surface area contributed by atoms with Crippen LogP contribution in [0.5, 0.6) is 0 Å². The second-order valence-corrected chi connectivity index (χ2v) is 9.33. The van der Waals surface area contributed by atoms with Gasteiger partial charge in [-0.25, -0.2) is 25.9 Å². The Morgan fingerprint density at radius 1 is 1.10 bits per heavy atom. The summed E-state index contributed by atoms with van der Waals surface area (Å²) in [7, 11) is -6.82. The minimum Gasteiger partial charge on any atom is -0.452 e. The van der Waals surface area contributed by atoms with Crippen LogP contribution in [0.3, 0.4) is 0 Å². The van der Waals surface area contributed by atoms with Gasteiger partial charge in [-0.2, -0.15) is 0 Å². The molecule has 2 fully saturated rings. The van der Waals surface area contributed by atoms with Gasteiger partial charge in [0.15, 0.2) is 0 Å². The Kier molecular flexibility index (Phi) is 3.85. The Morgan fingerprint density at radius 2 is 1.76 bits per heavy atom. The average Bonchev–Trinajstić information content (AvgIpc) is 3.14. The Labute approximate surface area is 124 Å². The minimum absolute atomic E-state index is 0.115. The summed E-state index contributed by atoms with van der Waals surface area (Å²) < 4.78 is 57.2. The zero-order chi connectivity index (χ0) is 15.1. The van der Waals surface area contributed by atoms with E-state index in [4.69, 9.17) is 4.42 Å². The van der Waals surface area contributed by atoms with E-state index in [2.05, 4.69) is 4.72 Å². The number of rotatable bonds is 5. The first kappa shape index (κ1) is 15.0. The number of nitrogens with one attached hydrogen (secondary N) is 1. The zero-order valence-electron chi connectivity index (χ0n) is 11.4. The summed E-state index contributed by atoms with van der Waals surface area (Å²) in [6.45, 7) is 0.731. The Bertz CT molecular complexity index is 684. The van der Waals surface area contributed by atoms with Gasteiger partial charge < -0.3 is 4.42 Å². The Morgan fingerprint density at radius 3 is 2.29 bits per heavy atom. The van der Waals surface area contributed by atoms with Gasteiger partial charge in [0, 0.05) is 19.1 Å². The molecule has 0 unspecified atom stereocenters. The van der Waals surface area contributed by atoms with E-state index in [-0.39, 0.29) is 16.4 Å². The Hall–Kier alpha value is -0.900. The maximum atomic E-state index is 12.1. The summed E-state index contributed by atoms with van der Waals surface area (Å²) in [6, 6.07) is 2.64. The third kappa shape index (κ3) is 3.15. The van der Waals surface area contributed by atoms with Crippen LogP contribution in [0.1, 0.15) is 25.7 Å². The molecule has 0 spiro atoms. The van der Waals surface area contributed by atoms with Gasteiger partial charge >= 0.3 is 0 Å². The summed E-state index contributed by atoms with van der Waals surface area (Å²) in [5, 5.41) is -0.329. The van der Waals surface area contributed by atoms with Crippen molar-refractivity contribution < 1.29 is 21.3 Å². The second kappa shape index (κ2) is 5.38. The molecule has 1 saturated carbocycles. The smallest absolute Gasteiger partial charge is 0.274 e. The molecule has 1 aliphatic carbocycles. The monoisotopic (exact) mass is 334 g/mol. The first-order chi connectivity index (χ1) is 9.89. The molecule has 2 aliphatic rings. The van der Waals surface area contributed by atoms with Crippen LogP contribution in [-0.4, -0.2) is 45.5 Å². The highest BCUT2D eigenvalue weighted by molar-refractivity contribution is 7.90. The van der Waals surface area contributed by atoms with Crippen LogP contribution in [-0.2, 0) is 20.0 Å². The third-order valence-electron chi connectivity index (χ3n) is 3.84. The fourth-order valence-corrected chi connectivity index (χ4v) is 5.60. The number of hydrogen-bond acceptors (Lipinski definition) is 5. The molecule has 0 radical (unpaired) electrons. The molecule has 118 valence electrons. The van der Waals surface area contributed by atoms with E-state index >= 15 is 0 Å². The molecule has 1 N–H and O–H groups in total. The van der Waals surface area contributed by atoms with Gasteiger partial charge in [-0.15, -0.1) is 0 Å². The Balaban J connectivity index is 1.59. The lowest BCUT2D eigenvalue weighted by molar-refractivity contribution is 0.306. The molecule has 7 nitrogen and oxygen atoms in total. The molecule has 1 aromatic rings. The van der Waals surface area contributed by atoms with Gasteiger partial charge in [-0.3, -0.25) is 0 Å². The highest BCUT2D eigenvalue weighted by Gasteiger charge is 2.41. The van der Waals surface area contributed by atoms with Gasteiger partial charge in [0.25, 0.3) is 10.0 Å². The van der Waals surface area contributed by atoms with Crippen molar-refractivity contribution in [3.63, 3.8) is 0 Å². The molecule has 3 rings (SSSR count). The maximum Gasteiger partial charge on any atom is 0.274 e. The average molecular weight is 334 g/mol. The molecular formula is C12H18N2O5S2. The predicted octanol–water partition coefficient (Wildman–Crippen LogP) is 0.515. The number of sulfonamides is 2. The molecule has 0 bridgehead atoms. The van der Waals surface area contributed by atoms with E-state index in [1.165, 1.54) is 22.7 Å². The van der Waals surface area contributed by atoms with E-state index in [1.807, 2.05) is 0 Å². The van der Waals surface area contributed by atoms with Crippen molar-refractivity contribution in [3.05, 3.63) is 18.4 Å². The van der Waals surface area contributed by atoms with Gasteiger partial charge in [0.2, 0.25) is 15.1 Å². The van der Waals surface area contributed by atoms with Crippen molar-refractivity contribution in [3.8, 4) is 0 Å². The van der Waals surface area contributed by atoms with E-state index in [1.54, 1.807) is 0 Å². The van der Waals surface area contributed by atoms with Crippen LogP contribution >= 0.6 is 0 Å². The molecular weight excluding hydrogens is 316 g/mol. The standard InChI is InChI=1S/C12H18N2O5S2/c15-20(16,12-2-1-9-19-12)13-10-5-7-14(8-6-10)21(17,18)11-3-4-11/h1-2,9-11,13H,3-8H2. The van der Waals surface area contributed by atoms with Crippen molar-refractivity contribution in [2.24, 2.45) is 0 Å². The molecule has 0 aromatic carbocycles.